The van der Waals surface area contributed by atoms with Crippen LogP contribution in [0.3, 0.4) is 0 Å². The van der Waals surface area contributed by atoms with Crippen LogP contribution in [0, 0.1) is 11.7 Å². The number of aliphatic imine (C=N–C) groups is 1. The van der Waals surface area contributed by atoms with E-state index in [0.29, 0.717) is 0 Å². The summed E-state index contributed by atoms with van der Waals surface area (Å²) in [4.78, 5) is 7.59. The molecule has 0 saturated heterocycles. The zero-order valence-electron chi connectivity index (χ0n) is 13.9. The van der Waals surface area contributed by atoms with Crippen LogP contribution in [0.1, 0.15) is 16.4 Å². The van der Waals surface area contributed by atoms with Crippen LogP contribution in [0.4, 0.5) is 10.1 Å². The molecule has 0 N–H and O–H groups in total. The molecule has 3 aromatic carbocycles. The van der Waals surface area contributed by atoms with E-state index >= 15 is 0 Å². The SMILES string of the molecule is Fc1ccc(C2Sc3ccccc3N=C3c4ccccc4SCC32)cc1. The van der Waals surface area contributed by atoms with E-state index in [2.05, 4.69) is 42.5 Å². The van der Waals surface area contributed by atoms with Gasteiger partial charge in [-0.2, -0.15) is 0 Å². The number of para-hydroxylation sites is 1. The van der Waals surface area contributed by atoms with Crippen molar-refractivity contribution in [2.24, 2.45) is 10.9 Å². The van der Waals surface area contributed by atoms with E-state index < -0.39 is 0 Å². The van der Waals surface area contributed by atoms with Gasteiger partial charge in [0.2, 0.25) is 0 Å². The normalized spacial score (nSPS) is 21.0. The number of fused-ring (bicyclic) bond motifs is 4. The number of nitrogens with zero attached hydrogens (tertiary/aromatic N) is 1. The fraction of sp³-hybridized carbons (Fsp3) is 0.136. The first-order chi connectivity index (χ1) is 12.8. The molecule has 0 saturated carbocycles. The Morgan fingerprint density at radius 1 is 0.846 bits per heavy atom. The number of benzene rings is 3. The van der Waals surface area contributed by atoms with E-state index in [-0.39, 0.29) is 17.0 Å². The molecule has 3 aromatic rings. The maximum Gasteiger partial charge on any atom is 0.123 e. The lowest BCUT2D eigenvalue weighted by atomic mass is 9.90. The van der Waals surface area contributed by atoms with Crippen LogP contribution in [0.2, 0.25) is 0 Å². The van der Waals surface area contributed by atoms with Crippen LogP contribution in [0.25, 0.3) is 0 Å². The standard InChI is InChI=1S/C22H16FNS2/c23-15-11-9-14(10-12-15)22-17-13-25-19-7-3-1-5-16(19)21(17)24-18-6-2-4-8-20(18)26-22/h1-12,17,22H,13H2. The average molecular weight is 378 g/mol. The van der Waals surface area contributed by atoms with Crippen molar-refractivity contribution in [2.75, 3.05) is 5.75 Å². The summed E-state index contributed by atoms with van der Waals surface area (Å²) >= 11 is 3.74. The Bertz CT molecular complexity index is 997. The van der Waals surface area contributed by atoms with Crippen LogP contribution >= 0.6 is 23.5 Å². The number of thioether (sulfide) groups is 2. The molecular weight excluding hydrogens is 361 g/mol. The second kappa shape index (κ2) is 6.60. The maximum atomic E-state index is 13.5. The molecule has 0 bridgehead atoms. The van der Waals surface area contributed by atoms with Gasteiger partial charge in [0.15, 0.2) is 0 Å². The Balaban J connectivity index is 1.70. The molecule has 0 spiro atoms. The van der Waals surface area contributed by atoms with Crippen molar-refractivity contribution in [3.63, 3.8) is 0 Å². The molecule has 2 atom stereocenters. The molecule has 2 aliphatic rings. The topological polar surface area (TPSA) is 12.4 Å². The van der Waals surface area contributed by atoms with Crippen LogP contribution in [0.5, 0.6) is 0 Å². The largest absolute Gasteiger partial charge is 0.251 e. The lowest BCUT2D eigenvalue weighted by molar-refractivity contribution is 0.626. The molecule has 26 heavy (non-hydrogen) atoms. The van der Waals surface area contributed by atoms with Gasteiger partial charge in [0.05, 0.1) is 11.4 Å². The van der Waals surface area contributed by atoms with Gasteiger partial charge in [-0.15, -0.1) is 23.5 Å². The van der Waals surface area contributed by atoms with Crippen molar-refractivity contribution in [3.05, 3.63) is 89.7 Å². The Hall–Kier alpha value is -2.04. The quantitative estimate of drug-likeness (QED) is 0.479. The highest BCUT2D eigenvalue weighted by Gasteiger charge is 2.36. The second-order valence-electron chi connectivity index (χ2n) is 6.47. The summed E-state index contributed by atoms with van der Waals surface area (Å²) in [6.45, 7) is 0. The monoisotopic (exact) mass is 377 g/mol. The zero-order chi connectivity index (χ0) is 17.5. The molecule has 4 heteroatoms. The van der Waals surface area contributed by atoms with Crippen molar-refractivity contribution >= 4 is 34.9 Å². The molecule has 0 amide bonds. The first-order valence-corrected chi connectivity index (χ1v) is 10.5. The van der Waals surface area contributed by atoms with Crippen molar-refractivity contribution in [3.8, 4) is 0 Å². The van der Waals surface area contributed by atoms with Crippen molar-refractivity contribution in [1.82, 2.24) is 0 Å². The van der Waals surface area contributed by atoms with Gasteiger partial charge < -0.3 is 0 Å². The fourth-order valence-electron chi connectivity index (χ4n) is 3.59. The third kappa shape index (κ3) is 2.78. The second-order valence-corrected chi connectivity index (χ2v) is 8.71. The van der Waals surface area contributed by atoms with E-state index in [9.17, 15) is 4.39 Å². The van der Waals surface area contributed by atoms with Crippen molar-refractivity contribution in [1.29, 1.82) is 0 Å². The van der Waals surface area contributed by atoms with Gasteiger partial charge in [-0.05, 0) is 35.9 Å². The smallest absolute Gasteiger partial charge is 0.123 e. The fourth-order valence-corrected chi connectivity index (χ4v) is 6.27. The molecule has 2 heterocycles. The van der Waals surface area contributed by atoms with E-state index in [4.69, 9.17) is 4.99 Å². The Labute approximate surface area is 160 Å². The lowest BCUT2D eigenvalue weighted by Gasteiger charge is -2.31. The number of rotatable bonds is 1. The minimum absolute atomic E-state index is 0.190. The predicted octanol–water partition coefficient (Wildman–Crippen LogP) is 6.52. The molecule has 5 rings (SSSR count). The molecular formula is C22H16FNS2. The van der Waals surface area contributed by atoms with Gasteiger partial charge in [-0.25, -0.2) is 4.39 Å². The maximum absolute atomic E-state index is 13.5. The van der Waals surface area contributed by atoms with Crippen LogP contribution in [-0.2, 0) is 0 Å². The minimum Gasteiger partial charge on any atom is -0.251 e. The van der Waals surface area contributed by atoms with Crippen LogP contribution < -0.4 is 0 Å². The third-order valence-corrected chi connectivity index (χ3v) is 7.50. The Morgan fingerprint density at radius 2 is 1.58 bits per heavy atom. The summed E-state index contributed by atoms with van der Waals surface area (Å²) in [5.74, 6) is 1.08. The molecule has 2 unspecified atom stereocenters. The first kappa shape index (κ1) is 16.2. The summed E-state index contributed by atoms with van der Waals surface area (Å²) in [5, 5.41) is 0.221. The Morgan fingerprint density at radius 3 is 2.42 bits per heavy atom. The van der Waals surface area contributed by atoms with Crippen molar-refractivity contribution < 1.29 is 4.39 Å². The van der Waals surface area contributed by atoms with Gasteiger partial charge >= 0.3 is 0 Å². The number of halogens is 1. The predicted molar refractivity (Wildman–Crippen MR) is 108 cm³/mol. The van der Waals surface area contributed by atoms with Gasteiger partial charge in [0, 0.05) is 32.3 Å². The number of hydrogen-bond donors (Lipinski definition) is 0. The summed E-state index contributed by atoms with van der Waals surface area (Å²) in [7, 11) is 0. The lowest BCUT2D eigenvalue weighted by Crippen LogP contribution is -2.27. The van der Waals surface area contributed by atoms with Crippen LogP contribution in [-0.4, -0.2) is 11.5 Å². The molecule has 0 aromatic heterocycles. The van der Waals surface area contributed by atoms with Gasteiger partial charge in [-0.1, -0.05) is 42.5 Å². The molecule has 128 valence electrons. The van der Waals surface area contributed by atoms with Crippen LogP contribution in [0.15, 0.2) is 87.6 Å². The number of hydrogen-bond acceptors (Lipinski definition) is 3. The molecule has 0 fully saturated rings. The molecule has 2 aliphatic heterocycles. The van der Waals surface area contributed by atoms with Crippen molar-refractivity contribution in [2.45, 2.75) is 15.0 Å². The highest BCUT2D eigenvalue weighted by molar-refractivity contribution is 8.00. The summed E-state index contributed by atoms with van der Waals surface area (Å²) in [6, 6.07) is 23.8. The molecule has 0 aliphatic carbocycles. The summed E-state index contributed by atoms with van der Waals surface area (Å²) < 4.78 is 13.5. The zero-order valence-corrected chi connectivity index (χ0v) is 15.6. The van der Waals surface area contributed by atoms with E-state index in [0.717, 1.165) is 22.7 Å². The minimum atomic E-state index is -0.190. The summed E-state index contributed by atoms with van der Waals surface area (Å²) in [6.07, 6.45) is 0. The van der Waals surface area contributed by atoms with Gasteiger partial charge in [-0.3, -0.25) is 4.99 Å². The molecule has 1 nitrogen and oxygen atoms in total. The highest BCUT2D eigenvalue weighted by Crippen LogP contribution is 2.51. The highest BCUT2D eigenvalue weighted by atomic mass is 32.2. The Kier molecular flexibility index (Phi) is 4.10. The van der Waals surface area contributed by atoms with E-state index in [1.54, 1.807) is 12.1 Å². The van der Waals surface area contributed by atoms with E-state index in [1.165, 1.54) is 15.4 Å². The molecule has 0 radical (unpaired) electrons. The third-order valence-electron chi connectivity index (χ3n) is 4.86. The van der Waals surface area contributed by atoms with Gasteiger partial charge in [0.1, 0.15) is 5.82 Å². The average Bonchev–Trinajstić information content (AvgIpc) is 2.85. The summed E-state index contributed by atoms with van der Waals surface area (Å²) in [5.41, 5.74) is 4.58. The first-order valence-electron chi connectivity index (χ1n) is 8.61. The van der Waals surface area contributed by atoms with E-state index in [1.807, 2.05) is 41.7 Å². The van der Waals surface area contributed by atoms with Gasteiger partial charge in [0.25, 0.3) is 0 Å².